The van der Waals surface area contributed by atoms with Gasteiger partial charge in [0.15, 0.2) is 0 Å². The second-order valence-electron chi connectivity index (χ2n) is 5.44. The molecule has 1 atom stereocenters. The number of amides is 1. The highest BCUT2D eigenvalue weighted by atomic mass is 35.5. The first kappa shape index (κ1) is 17.3. The van der Waals surface area contributed by atoms with Crippen molar-refractivity contribution in [3.05, 3.63) is 59.1 Å². The summed E-state index contributed by atoms with van der Waals surface area (Å²) in [5.41, 5.74) is 1.82. The van der Waals surface area contributed by atoms with E-state index in [2.05, 4.69) is 5.32 Å². The van der Waals surface area contributed by atoms with E-state index in [4.69, 9.17) is 16.3 Å². The molecule has 2 rings (SSSR count). The van der Waals surface area contributed by atoms with Crippen LogP contribution < -0.4 is 10.1 Å². The maximum Gasteiger partial charge on any atom is 0.241 e. The van der Waals surface area contributed by atoms with Gasteiger partial charge in [0.2, 0.25) is 5.91 Å². The number of anilines is 1. The van der Waals surface area contributed by atoms with Gasteiger partial charge in [-0.3, -0.25) is 9.69 Å². The zero-order chi connectivity index (χ0) is 16.8. The molecular formula is C18H21ClN2O2. The van der Waals surface area contributed by atoms with Crippen LogP contribution in [0.5, 0.6) is 5.75 Å². The van der Waals surface area contributed by atoms with Crippen LogP contribution in [0.1, 0.15) is 12.5 Å². The molecule has 2 aromatic rings. The molecule has 0 aliphatic carbocycles. The van der Waals surface area contributed by atoms with Gasteiger partial charge in [-0.1, -0.05) is 29.8 Å². The minimum Gasteiger partial charge on any atom is -0.497 e. The van der Waals surface area contributed by atoms with Gasteiger partial charge in [-0.2, -0.15) is 0 Å². The predicted molar refractivity (Wildman–Crippen MR) is 94.0 cm³/mol. The van der Waals surface area contributed by atoms with Gasteiger partial charge < -0.3 is 10.1 Å². The third-order valence-corrected chi connectivity index (χ3v) is 3.96. The quantitative estimate of drug-likeness (QED) is 0.874. The summed E-state index contributed by atoms with van der Waals surface area (Å²) in [6.07, 6.45) is 0. The summed E-state index contributed by atoms with van der Waals surface area (Å²) in [5, 5.41) is 3.48. The summed E-state index contributed by atoms with van der Waals surface area (Å²) in [7, 11) is 3.57. The van der Waals surface area contributed by atoms with Crippen molar-refractivity contribution in [1.82, 2.24) is 4.90 Å². The number of ether oxygens (including phenoxy) is 1. The Morgan fingerprint density at radius 2 is 1.96 bits per heavy atom. The number of rotatable bonds is 6. The molecule has 0 aliphatic heterocycles. The maximum atomic E-state index is 12.3. The zero-order valence-electron chi connectivity index (χ0n) is 13.5. The Balaban J connectivity index is 1.95. The molecule has 0 heterocycles. The smallest absolute Gasteiger partial charge is 0.241 e. The summed E-state index contributed by atoms with van der Waals surface area (Å²) in [6, 6.07) is 14.7. The molecule has 122 valence electrons. The van der Waals surface area contributed by atoms with Crippen LogP contribution in [-0.2, 0) is 11.3 Å². The fourth-order valence-electron chi connectivity index (χ4n) is 2.17. The number of likely N-dealkylation sites (N-methyl/N-ethyl adjacent to an activating group) is 1. The molecule has 0 aromatic heterocycles. The Bertz CT molecular complexity index is 658. The van der Waals surface area contributed by atoms with Crippen molar-refractivity contribution in [2.45, 2.75) is 19.5 Å². The molecule has 0 aliphatic rings. The highest BCUT2D eigenvalue weighted by Crippen LogP contribution is 2.17. The van der Waals surface area contributed by atoms with Crippen molar-refractivity contribution in [3.8, 4) is 5.75 Å². The Morgan fingerprint density at radius 3 is 2.57 bits per heavy atom. The lowest BCUT2D eigenvalue weighted by atomic mass is 10.1. The Labute approximate surface area is 142 Å². The van der Waals surface area contributed by atoms with Gasteiger partial charge in [-0.25, -0.2) is 0 Å². The van der Waals surface area contributed by atoms with Crippen LogP contribution in [0.4, 0.5) is 5.69 Å². The number of nitrogens with zero attached hydrogens (tertiary/aromatic N) is 1. The average molecular weight is 333 g/mol. The lowest BCUT2D eigenvalue weighted by Gasteiger charge is -2.24. The number of hydrogen-bond donors (Lipinski definition) is 1. The molecule has 0 fully saturated rings. The molecule has 2 aromatic carbocycles. The fraction of sp³-hybridized carbons (Fsp3) is 0.278. The molecule has 1 amide bonds. The molecule has 23 heavy (non-hydrogen) atoms. The molecule has 0 bridgehead atoms. The summed E-state index contributed by atoms with van der Waals surface area (Å²) >= 11 is 5.93. The number of methoxy groups -OCH3 is 1. The van der Waals surface area contributed by atoms with Crippen LogP contribution in [0.3, 0.4) is 0 Å². The van der Waals surface area contributed by atoms with E-state index < -0.39 is 0 Å². The second-order valence-corrected chi connectivity index (χ2v) is 5.88. The number of carbonyl (C=O) groups is 1. The number of halogens is 1. The highest BCUT2D eigenvalue weighted by molar-refractivity contribution is 6.30. The molecule has 0 spiro atoms. The average Bonchev–Trinajstić information content (AvgIpc) is 2.54. The van der Waals surface area contributed by atoms with E-state index in [1.807, 2.05) is 55.3 Å². The van der Waals surface area contributed by atoms with E-state index in [0.717, 1.165) is 11.3 Å². The molecule has 4 nitrogen and oxygen atoms in total. The fourth-order valence-corrected chi connectivity index (χ4v) is 2.36. The Kier molecular flexibility index (Phi) is 6.02. The summed E-state index contributed by atoms with van der Waals surface area (Å²) < 4.78 is 5.15. The van der Waals surface area contributed by atoms with Crippen molar-refractivity contribution < 1.29 is 9.53 Å². The molecule has 1 unspecified atom stereocenters. The van der Waals surface area contributed by atoms with Crippen molar-refractivity contribution in [1.29, 1.82) is 0 Å². The van der Waals surface area contributed by atoms with Crippen LogP contribution in [-0.4, -0.2) is 31.0 Å². The normalized spacial score (nSPS) is 12.0. The first-order valence-electron chi connectivity index (χ1n) is 7.39. The lowest BCUT2D eigenvalue weighted by Crippen LogP contribution is -2.39. The number of benzene rings is 2. The van der Waals surface area contributed by atoms with Gasteiger partial charge in [0.05, 0.1) is 13.2 Å². The van der Waals surface area contributed by atoms with Gasteiger partial charge in [0, 0.05) is 17.3 Å². The van der Waals surface area contributed by atoms with E-state index >= 15 is 0 Å². The van der Waals surface area contributed by atoms with Crippen LogP contribution in [0.15, 0.2) is 48.5 Å². The monoisotopic (exact) mass is 332 g/mol. The van der Waals surface area contributed by atoms with E-state index in [-0.39, 0.29) is 11.9 Å². The molecule has 0 radical (unpaired) electrons. The van der Waals surface area contributed by atoms with Crippen molar-refractivity contribution in [2.24, 2.45) is 0 Å². The third-order valence-electron chi connectivity index (χ3n) is 3.72. The van der Waals surface area contributed by atoms with Gasteiger partial charge in [0.25, 0.3) is 0 Å². The summed E-state index contributed by atoms with van der Waals surface area (Å²) in [4.78, 5) is 14.3. The van der Waals surface area contributed by atoms with Crippen LogP contribution in [0, 0.1) is 0 Å². The molecule has 0 saturated carbocycles. The van der Waals surface area contributed by atoms with Gasteiger partial charge >= 0.3 is 0 Å². The SMILES string of the molecule is COc1ccc(CN(C)C(C)C(=O)Nc2cccc(Cl)c2)cc1. The van der Waals surface area contributed by atoms with Crippen molar-refractivity contribution in [3.63, 3.8) is 0 Å². The Hall–Kier alpha value is -2.04. The molecule has 1 N–H and O–H groups in total. The summed E-state index contributed by atoms with van der Waals surface area (Å²) in [5.74, 6) is 0.756. The first-order valence-corrected chi connectivity index (χ1v) is 7.77. The molecule has 5 heteroatoms. The standard InChI is InChI=1S/C18H21ClN2O2/c1-13(18(22)20-16-6-4-5-15(19)11-16)21(2)12-14-7-9-17(23-3)10-8-14/h4-11,13H,12H2,1-3H3,(H,20,22). The highest BCUT2D eigenvalue weighted by Gasteiger charge is 2.18. The van der Waals surface area contributed by atoms with E-state index in [0.29, 0.717) is 17.3 Å². The number of carbonyl (C=O) groups excluding carboxylic acids is 1. The molecular weight excluding hydrogens is 312 g/mol. The summed E-state index contributed by atoms with van der Waals surface area (Å²) in [6.45, 7) is 2.55. The lowest BCUT2D eigenvalue weighted by molar-refractivity contribution is -0.120. The van der Waals surface area contributed by atoms with E-state index in [9.17, 15) is 4.79 Å². The topological polar surface area (TPSA) is 41.6 Å². The van der Waals surface area contributed by atoms with Gasteiger partial charge in [-0.05, 0) is 49.9 Å². The van der Waals surface area contributed by atoms with Crippen LogP contribution in [0.25, 0.3) is 0 Å². The second kappa shape index (κ2) is 7.99. The van der Waals surface area contributed by atoms with E-state index in [1.54, 1.807) is 19.2 Å². The van der Waals surface area contributed by atoms with Crippen LogP contribution >= 0.6 is 11.6 Å². The van der Waals surface area contributed by atoms with Crippen molar-refractivity contribution >= 4 is 23.2 Å². The predicted octanol–water partition coefficient (Wildman–Crippen LogP) is 3.81. The van der Waals surface area contributed by atoms with Crippen LogP contribution in [0.2, 0.25) is 5.02 Å². The maximum absolute atomic E-state index is 12.3. The zero-order valence-corrected chi connectivity index (χ0v) is 14.3. The minimum absolute atomic E-state index is 0.0664. The minimum atomic E-state index is -0.268. The number of hydrogen-bond acceptors (Lipinski definition) is 3. The van der Waals surface area contributed by atoms with E-state index in [1.165, 1.54) is 0 Å². The first-order chi connectivity index (χ1) is 11.0. The van der Waals surface area contributed by atoms with Crippen molar-refractivity contribution in [2.75, 3.05) is 19.5 Å². The number of nitrogens with one attached hydrogen (secondary N) is 1. The van der Waals surface area contributed by atoms with Gasteiger partial charge in [-0.15, -0.1) is 0 Å². The molecule has 0 saturated heterocycles. The Morgan fingerprint density at radius 1 is 1.26 bits per heavy atom. The largest absolute Gasteiger partial charge is 0.497 e. The van der Waals surface area contributed by atoms with Gasteiger partial charge in [0.1, 0.15) is 5.75 Å². The third kappa shape index (κ3) is 4.98.